The Morgan fingerprint density at radius 3 is 2.21 bits per heavy atom. The lowest BCUT2D eigenvalue weighted by Gasteiger charge is -2.20. The van der Waals surface area contributed by atoms with Gasteiger partial charge in [-0.1, -0.05) is 48.5 Å². The Kier molecular flexibility index (Phi) is 3.00. The molecule has 116 valence electrons. The molecule has 0 fully saturated rings. The van der Waals surface area contributed by atoms with E-state index in [-0.39, 0.29) is 28.2 Å². The lowest BCUT2D eigenvalue weighted by atomic mass is 9.83. The maximum atomic E-state index is 12.5. The van der Waals surface area contributed by atoms with Gasteiger partial charge in [0.05, 0.1) is 5.57 Å². The van der Waals surface area contributed by atoms with E-state index in [9.17, 15) is 19.8 Å². The van der Waals surface area contributed by atoms with Crippen LogP contribution in [0.3, 0.4) is 0 Å². The van der Waals surface area contributed by atoms with E-state index in [1.807, 2.05) is 0 Å². The van der Waals surface area contributed by atoms with E-state index in [1.54, 1.807) is 48.5 Å². The van der Waals surface area contributed by atoms with E-state index in [0.29, 0.717) is 16.3 Å². The number of phenols is 1. The first-order chi connectivity index (χ1) is 11.6. The van der Waals surface area contributed by atoms with Crippen LogP contribution in [-0.4, -0.2) is 21.8 Å². The Hall–Kier alpha value is -3.40. The van der Waals surface area contributed by atoms with Crippen molar-refractivity contribution in [3.8, 4) is 5.75 Å². The third kappa shape index (κ3) is 1.86. The quantitative estimate of drug-likeness (QED) is 0.671. The number of aliphatic hydroxyl groups is 1. The van der Waals surface area contributed by atoms with Crippen LogP contribution in [0.15, 0.2) is 60.7 Å². The average molecular weight is 316 g/mol. The molecular formula is C20H12O4. The van der Waals surface area contributed by atoms with Crippen molar-refractivity contribution in [2.24, 2.45) is 0 Å². The molecule has 0 aromatic heterocycles. The third-order valence-electron chi connectivity index (χ3n) is 4.24. The van der Waals surface area contributed by atoms with Crippen LogP contribution in [-0.2, 0) is 4.79 Å². The van der Waals surface area contributed by atoms with Crippen LogP contribution in [0.4, 0.5) is 0 Å². The van der Waals surface area contributed by atoms with E-state index < -0.39 is 11.6 Å². The van der Waals surface area contributed by atoms with Crippen LogP contribution < -0.4 is 0 Å². The van der Waals surface area contributed by atoms with Crippen molar-refractivity contribution in [1.82, 2.24) is 0 Å². The number of benzene rings is 3. The molecule has 4 heteroatoms. The number of ketones is 2. The number of carbonyl (C=O) groups is 2. The summed E-state index contributed by atoms with van der Waals surface area (Å²) in [6.45, 7) is 0. The number of aromatic hydroxyl groups is 1. The number of fused-ring (bicyclic) bond motifs is 3. The van der Waals surface area contributed by atoms with Gasteiger partial charge in [0.1, 0.15) is 11.5 Å². The lowest BCUT2D eigenvalue weighted by Crippen LogP contribution is -2.23. The smallest absolute Gasteiger partial charge is 0.237 e. The summed E-state index contributed by atoms with van der Waals surface area (Å²) in [6.07, 6.45) is 0. The van der Waals surface area contributed by atoms with Gasteiger partial charge < -0.3 is 10.2 Å². The van der Waals surface area contributed by atoms with Crippen molar-refractivity contribution in [3.05, 3.63) is 77.4 Å². The molecule has 3 aromatic rings. The van der Waals surface area contributed by atoms with Gasteiger partial charge in [-0.2, -0.15) is 0 Å². The van der Waals surface area contributed by atoms with Gasteiger partial charge >= 0.3 is 0 Å². The summed E-state index contributed by atoms with van der Waals surface area (Å²) in [7, 11) is 0. The first-order valence-corrected chi connectivity index (χ1v) is 7.42. The Labute approximate surface area is 137 Å². The second kappa shape index (κ2) is 5.06. The molecule has 4 rings (SSSR count). The molecule has 3 aromatic carbocycles. The molecule has 0 radical (unpaired) electrons. The number of hydrogen-bond donors (Lipinski definition) is 2. The van der Waals surface area contributed by atoms with E-state index in [0.717, 1.165) is 0 Å². The van der Waals surface area contributed by atoms with Crippen LogP contribution >= 0.6 is 0 Å². The molecule has 1 aliphatic rings. The van der Waals surface area contributed by atoms with E-state index >= 15 is 0 Å². The standard InChI is InChI=1S/C20H12O4/c21-14-8-4-7-12-9-10-13-17(15(12)14)19(23)16(20(24)18(13)22)11-5-2-1-3-6-11/h1-10,21,23H. The fraction of sp³-hybridized carbons (Fsp3) is 0. The summed E-state index contributed by atoms with van der Waals surface area (Å²) < 4.78 is 0. The topological polar surface area (TPSA) is 74.6 Å². The number of carbonyl (C=O) groups excluding carboxylic acids is 2. The molecule has 0 saturated heterocycles. The predicted molar refractivity (Wildman–Crippen MR) is 90.8 cm³/mol. The van der Waals surface area contributed by atoms with Crippen molar-refractivity contribution in [1.29, 1.82) is 0 Å². The third-order valence-corrected chi connectivity index (χ3v) is 4.24. The van der Waals surface area contributed by atoms with Crippen molar-refractivity contribution in [2.75, 3.05) is 0 Å². The van der Waals surface area contributed by atoms with Gasteiger partial charge in [-0.25, -0.2) is 0 Å². The lowest BCUT2D eigenvalue weighted by molar-refractivity contribution is -0.110. The summed E-state index contributed by atoms with van der Waals surface area (Å²) in [4.78, 5) is 25.0. The van der Waals surface area contributed by atoms with Crippen molar-refractivity contribution in [3.63, 3.8) is 0 Å². The molecule has 4 nitrogen and oxygen atoms in total. The predicted octanol–water partition coefficient (Wildman–Crippen LogP) is 3.74. The van der Waals surface area contributed by atoms with Crippen LogP contribution in [0.5, 0.6) is 5.75 Å². The van der Waals surface area contributed by atoms with Crippen molar-refractivity contribution >= 4 is 33.7 Å². The Balaban J connectivity index is 2.15. The molecule has 2 N–H and O–H groups in total. The zero-order valence-corrected chi connectivity index (χ0v) is 12.5. The molecule has 0 aliphatic heterocycles. The summed E-state index contributed by atoms with van der Waals surface area (Å²) in [5.41, 5.74) is 0.732. The normalized spacial score (nSPS) is 14.2. The van der Waals surface area contributed by atoms with Crippen LogP contribution in [0, 0.1) is 0 Å². The van der Waals surface area contributed by atoms with Crippen LogP contribution in [0.2, 0.25) is 0 Å². The van der Waals surface area contributed by atoms with Crippen LogP contribution in [0.25, 0.3) is 22.1 Å². The summed E-state index contributed by atoms with van der Waals surface area (Å²) in [6, 6.07) is 16.6. The van der Waals surface area contributed by atoms with E-state index in [1.165, 1.54) is 12.1 Å². The first-order valence-electron chi connectivity index (χ1n) is 7.42. The number of rotatable bonds is 1. The molecule has 24 heavy (non-hydrogen) atoms. The minimum atomic E-state index is -0.749. The van der Waals surface area contributed by atoms with Gasteiger partial charge in [-0.15, -0.1) is 0 Å². The van der Waals surface area contributed by atoms with Crippen LogP contribution in [0.1, 0.15) is 21.5 Å². The molecule has 0 spiro atoms. The fourth-order valence-electron chi connectivity index (χ4n) is 3.14. The monoisotopic (exact) mass is 316 g/mol. The van der Waals surface area contributed by atoms with Crippen molar-refractivity contribution in [2.45, 2.75) is 0 Å². The summed E-state index contributed by atoms with van der Waals surface area (Å²) in [5, 5.41) is 22.0. The minimum Gasteiger partial charge on any atom is -0.507 e. The van der Waals surface area contributed by atoms with Gasteiger partial charge in [0.2, 0.25) is 11.6 Å². The van der Waals surface area contributed by atoms with Gasteiger partial charge in [-0.05, 0) is 23.1 Å². The zero-order valence-electron chi connectivity index (χ0n) is 12.5. The summed E-state index contributed by atoms with van der Waals surface area (Å²) >= 11 is 0. The zero-order chi connectivity index (χ0) is 16.8. The molecule has 0 saturated carbocycles. The van der Waals surface area contributed by atoms with E-state index in [4.69, 9.17) is 0 Å². The highest BCUT2D eigenvalue weighted by Crippen LogP contribution is 2.40. The van der Waals surface area contributed by atoms with E-state index in [2.05, 4.69) is 0 Å². The fourth-order valence-corrected chi connectivity index (χ4v) is 3.14. The molecule has 0 unspecified atom stereocenters. The molecular weight excluding hydrogens is 304 g/mol. The highest BCUT2D eigenvalue weighted by Gasteiger charge is 2.35. The van der Waals surface area contributed by atoms with Crippen molar-refractivity contribution < 1.29 is 19.8 Å². The second-order valence-electron chi connectivity index (χ2n) is 5.61. The molecule has 0 heterocycles. The van der Waals surface area contributed by atoms with Gasteiger partial charge in [0.15, 0.2) is 0 Å². The molecule has 0 bridgehead atoms. The SMILES string of the molecule is O=C1C(=O)c2ccc3cccc(O)c3c2C(O)=C1c1ccccc1. The summed E-state index contributed by atoms with van der Waals surface area (Å²) in [5.74, 6) is -1.77. The maximum absolute atomic E-state index is 12.5. The highest BCUT2D eigenvalue weighted by molar-refractivity contribution is 6.62. The Morgan fingerprint density at radius 1 is 0.708 bits per heavy atom. The number of phenolic OH excluding ortho intramolecular Hbond substituents is 1. The average Bonchev–Trinajstić information content (AvgIpc) is 2.60. The highest BCUT2D eigenvalue weighted by atomic mass is 16.3. The maximum Gasteiger partial charge on any atom is 0.237 e. The number of allylic oxidation sites excluding steroid dienone is 1. The van der Waals surface area contributed by atoms with Gasteiger partial charge in [-0.3, -0.25) is 9.59 Å². The van der Waals surface area contributed by atoms with Gasteiger partial charge in [0, 0.05) is 16.5 Å². The molecule has 0 atom stereocenters. The Bertz CT molecular complexity index is 1050. The molecule has 0 amide bonds. The number of hydrogen-bond acceptors (Lipinski definition) is 4. The number of Topliss-reactive ketones (excluding diaryl/α,β-unsaturated/α-hetero) is 2. The minimum absolute atomic E-state index is 0.0381. The largest absolute Gasteiger partial charge is 0.507 e. The molecule has 1 aliphatic carbocycles. The second-order valence-corrected chi connectivity index (χ2v) is 5.61. The van der Waals surface area contributed by atoms with Gasteiger partial charge in [0.25, 0.3) is 0 Å². The first kappa shape index (κ1) is 14.2. The number of aliphatic hydroxyl groups excluding tert-OH is 1. The Morgan fingerprint density at radius 2 is 1.46 bits per heavy atom.